The van der Waals surface area contributed by atoms with Gasteiger partial charge in [-0.05, 0) is 30.7 Å². The summed E-state index contributed by atoms with van der Waals surface area (Å²) in [6.07, 6.45) is 1.07. The number of rotatable bonds is 5. The minimum absolute atomic E-state index is 0.171. The van der Waals surface area contributed by atoms with Crippen LogP contribution in [0.25, 0.3) is 0 Å². The monoisotopic (exact) mass is 264 g/mol. The number of benzene rings is 1. The molecule has 0 saturated carbocycles. The second-order valence-electron chi connectivity index (χ2n) is 4.65. The fourth-order valence-corrected chi connectivity index (χ4v) is 2.36. The van der Waals surface area contributed by atoms with E-state index in [1.165, 1.54) is 7.11 Å². The standard InChI is InChI=1S/C14H20N2O3/c1-19-14(18)11-2-4-13(5-3-11)16-8-6-12(10-16)15-7-9-17/h2-5,12,15,17H,6-10H2,1H3. The number of carbonyl (C=O) groups is 1. The first-order valence-electron chi connectivity index (χ1n) is 6.52. The van der Waals surface area contributed by atoms with Crippen LogP contribution in [0.4, 0.5) is 5.69 Å². The Labute approximate surface area is 113 Å². The number of ether oxygens (including phenoxy) is 1. The third kappa shape index (κ3) is 3.45. The second-order valence-corrected chi connectivity index (χ2v) is 4.65. The van der Waals surface area contributed by atoms with E-state index >= 15 is 0 Å². The van der Waals surface area contributed by atoms with E-state index in [0.717, 1.165) is 25.2 Å². The predicted molar refractivity (Wildman–Crippen MR) is 73.5 cm³/mol. The third-order valence-corrected chi connectivity index (χ3v) is 3.39. The van der Waals surface area contributed by atoms with Crippen LogP contribution in [0, 0.1) is 0 Å². The third-order valence-electron chi connectivity index (χ3n) is 3.39. The van der Waals surface area contributed by atoms with Crippen LogP contribution in [-0.2, 0) is 4.74 Å². The van der Waals surface area contributed by atoms with Gasteiger partial charge < -0.3 is 20.1 Å². The fraction of sp³-hybridized carbons (Fsp3) is 0.500. The zero-order valence-electron chi connectivity index (χ0n) is 11.1. The Morgan fingerprint density at radius 1 is 1.47 bits per heavy atom. The molecule has 0 aromatic heterocycles. The number of aliphatic hydroxyl groups excluding tert-OH is 1. The van der Waals surface area contributed by atoms with Gasteiger partial charge in [0.2, 0.25) is 0 Å². The van der Waals surface area contributed by atoms with Crippen LogP contribution >= 0.6 is 0 Å². The minimum Gasteiger partial charge on any atom is -0.465 e. The summed E-state index contributed by atoms with van der Waals surface area (Å²) in [5, 5.41) is 12.1. The van der Waals surface area contributed by atoms with Crippen LogP contribution in [0.2, 0.25) is 0 Å². The number of nitrogens with one attached hydrogen (secondary N) is 1. The topological polar surface area (TPSA) is 61.8 Å². The van der Waals surface area contributed by atoms with Crippen molar-refractivity contribution in [3.63, 3.8) is 0 Å². The van der Waals surface area contributed by atoms with Crippen LogP contribution in [0.1, 0.15) is 16.8 Å². The Morgan fingerprint density at radius 3 is 2.84 bits per heavy atom. The van der Waals surface area contributed by atoms with E-state index in [0.29, 0.717) is 18.2 Å². The molecule has 0 radical (unpaired) electrons. The number of hydrogen-bond acceptors (Lipinski definition) is 5. The highest BCUT2D eigenvalue weighted by Crippen LogP contribution is 2.21. The van der Waals surface area contributed by atoms with Crippen molar-refractivity contribution in [1.82, 2.24) is 5.32 Å². The van der Waals surface area contributed by atoms with Gasteiger partial charge in [0.25, 0.3) is 0 Å². The van der Waals surface area contributed by atoms with E-state index in [4.69, 9.17) is 5.11 Å². The van der Waals surface area contributed by atoms with Gasteiger partial charge in [0.1, 0.15) is 0 Å². The molecule has 5 heteroatoms. The van der Waals surface area contributed by atoms with E-state index in [9.17, 15) is 4.79 Å². The Hall–Kier alpha value is -1.59. The summed E-state index contributed by atoms with van der Waals surface area (Å²) in [5.74, 6) is -0.310. The molecule has 1 aromatic carbocycles. The largest absolute Gasteiger partial charge is 0.465 e. The summed E-state index contributed by atoms with van der Waals surface area (Å²) >= 11 is 0. The first-order chi connectivity index (χ1) is 9.24. The maximum Gasteiger partial charge on any atom is 0.337 e. The predicted octanol–water partition coefficient (Wildman–Crippen LogP) is 0.634. The molecule has 104 valence electrons. The van der Waals surface area contributed by atoms with Gasteiger partial charge in [0.15, 0.2) is 0 Å². The zero-order chi connectivity index (χ0) is 13.7. The number of anilines is 1. The molecule has 1 atom stereocenters. The highest BCUT2D eigenvalue weighted by Gasteiger charge is 2.22. The lowest BCUT2D eigenvalue weighted by Gasteiger charge is -2.19. The number of esters is 1. The molecule has 1 unspecified atom stereocenters. The first-order valence-corrected chi connectivity index (χ1v) is 6.52. The van der Waals surface area contributed by atoms with Crippen molar-refractivity contribution in [3.8, 4) is 0 Å². The summed E-state index contributed by atoms with van der Waals surface area (Å²) in [6, 6.07) is 7.89. The number of nitrogens with zero attached hydrogens (tertiary/aromatic N) is 1. The van der Waals surface area contributed by atoms with Gasteiger partial charge in [-0.1, -0.05) is 0 Å². The van der Waals surface area contributed by atoms with E-state index < -0.39 is 0 Å². The number of hydrogen-bond donors (Lipinski definition) is 2. The van der Waals surface area contributed by atoms with Crippen molar-refractivity contribution in [2.45, 2.75) is 12.5 Å². The lowest BCUT2D eigenvalue weighted by atomic mass is 10.2. The molecule has 19 heavy (non-hydrogen) atoms. The van der Waals surface area contributed by atoms with Crippen molar-refractivity contribution in [2.24, 2.45) is 0 Å². The molecule has 0 amide bonds. The Morgan fingerprint density at radius 2 is 2.21 bits per heavy atom. The minimum atomic E-state index is -0.310. The lowest BCUT2D eigenvalue weighted by Crippen LogP contribution is -2.34. The summed E-state index contributed by atoms with van der Waals surface area (Å²) in [7, 11) is 1.38. The molecule has 1 fully saturated rings. The average molecular weight is 264 g/mol. The molecule has 2 rings (SSSR count). The maximum absolute atomic E-state index is 11.3. The summed E-state index contributed by atoms with van der Waals surface area (Å²) in [4.78, 5) is 13.6. The van der Waals surface area contributed by atoms with Crippen LogP contribution in [0.3, 0.4) is 0 Å². The van der Waals surface area contributed by atoms with Crippen molar-refractivity contribution in [1.29, 1.82) is 0 Å². The Kier molecular flexibility index (Phi) is 4.76. The van der Waals surface area contributed by atoms with Crippen molar-refractivity contribution in [2.75, 3.05) is 38.3 Å². The van der Waals surface area contributed by atoms with Crippen LogP contribution in [-0.4, -0.2) is 50.5 Å². The highest BCUT2D eigenvalue weighted by molar-refractivity contribution is 5.89. The molecule has 1 saturated heterocycles. The van der Waals surface area contributed by atoms with Crippen LogP contribution < -0.4 is 10.2 Å². The van der Waals surface area contributed by atoms with Crippen molar-refractivity contribution < 1.29 is 14.6 Å². The van der Waals surface area contributed by atoms with E-state index in [1.807, 2.05) is 12.1 Å². The second kappa shape index (κ2) is 6.54. The normalized spacial score (nSPS) is 18.6. The summed E-state index contributed by atoms with van der Waals surface area (Å²) in [5.41, 5.74) is 1.68. The first kappa shape index (κ1) is 13.8. The van der Waals surface area contributed by atoms with Crippen molar-refractivity contribution >= 4 is 11.7 Å². The molecule has 2 N–H and O–H groups in total. The van der Waals surface area contributed by atoms with Gasteiger partial charge in [-0.2, -0.15) is 0 Å². The van der Waals surface area contributed by atoms with Gasteiger partial charge in [-0.15, -0.1) is 0 Å². The quantitative estimate of drug-likeness (QED) is 0.764. The summed E-state index contributed by atoms with van der Waals surface area (Å²) < 4.78 is 4.68. The molecular formula is C14H20N2O3. The van der Waals surface area contributed by atoms with Crippen molar-refractivity contribution in [3.05, 3.63) is 29.8 Å². The average Bonchev–Trinajstić information content (AvgIpc) is 2.93. The van der Waals surface area contributed by atoms with E-state index in [1.54, 1.807) is 12.1 Å². The van der Waals surface area contributed by atoms with E-state index in [2.05, 4.69) is 15.0 Å². The fourth-order valence-electron chi connectivity index (χ4n) is 2.36. The van der Waals surface area contributed by atoms with Gasteiger partial charge in [-0.25, -0.2) is 4.79 Å². The molecule has 5 nitrogen and oxygen atoms in total. The number of methoxy groups -OCH3 is 1. The number of carbonyl (C=O) groups excluding carboxylic acids is 1. The maximum atomic E-state index is 11.3. The Balaban J connectivity index is 1.94. The van der Waals surface area contributed by atoms with Gasteiger partial charge in [0.05, 0.1) is 19.3 Å². The molecule has 1 aromatic rings. The lowest BCUT2D eigenvalue weighted by molar-refractivity contribution is 0.0601. The van der Waals surface area contributed by atoms with Gasteiger partial charge >= 0.3 is 5.97 Å². The zero-order valence-corrected chi connectivity index (χ0v) is 11.1. The number of aliphatic hydroxyl groups is 1. The molecule has 1 aliphatic rings. The highest BCUT2D eigenvalue weighted by atomic mass is 16.5. The Bertz CT molecular complexity index is 419. The van der Waals surface area contributed by atoms with E-state index in [-0.39, 0.29) is 12.6 Å². The smallest absolute Gasteiger partial charge is 0.337 e. The molecule has 0 aliphatic carbocycles. The summed E-state index contributed by atoms with van der Waals surface area (Å²) in [6.45, 7) is 2.72. The molecule has 0 bridgehead atoms. The van der Waals surface area contributed by atoms with Crippen LogP contribution in [0.5, 0.6) is 0 Å². The van der Waals surface area contributed by atoms with Gasteiger partial charge in [0, 0.05) is 31.4 Å². The van der Waals surface area contributed by atoms with Crippen LogP contribution in [0.15, 0.2) is 24.3 Å². The molecule has 1 aliphatic heterocycles. The SMILES string of the molecule is COC(=O)c1ccc(N2CCC(NCCO)C2)cc1. The molecular weight excluding hydrogens is 244 g/mol. The molecule has 1 heterocycles. The van der Waals surface area contributed by atoms with Gasteiger partial charge in [-0.3, -0.25) is 0 Å². The molecule has 0 spiro atoms.